The minimum Gasteiger partial charge on any atom is -0.545 e. The first-order chi connectivity index (χ1) is 34.6. The zero-order valence-corrected chi connectivity index (χ0v) is 47.9. The summed E-state index contributed by atoms with van der Waals surface area (Å²) in [6, 6.07) is 0. The van der Waals surface area contributed by atoms with Crippen LogP contribution in [-0.4, -0.2) is 82.3 Å². The number of esters is 2. The van der Waals surface area contributed by atoms with Crippen molar-refractivity contribution in [1.29, 1.82) is 0 Å². The van der Waals surface area contributed by atoms with Crippen LogP contribution in [0.15, 0.2) is 12.2 Å². The van der Waals surface area contributed by atoms with Crippen LogP contribution in [0, 0.1) is 0 Å². The Morgan fingerprint density at radius 2 is 0.718 bits per heavy atom. The van der Waals surface area contributed by atoms with Gasteiger partial charge in [-0.1, -0.05) is 270 Å². The molecule has 9 nitrogen and oxygen atoms in total. The van der Waals surface area contributed by atoms with Crippen LogP contribution in [0.5, 0.6) is 0 Å². The number of carbonyl (C=O) groups excluding carboxylic acids is 3. The summed E-state index contributed by atoms with van der Waals surface area (Å²) in [5, 5.41) is 11.8. The normalized spacial score (nSPS) is 12.7. The van der Waals surface area contributed by atoms with E-state index in [0.29, 0.717) is 23.9 Å². The number of hydrogen-bond acceptors (Lipinski definition) is 8. The molecular formula is C62H119NO8. The van der Waals surface area contributed by atoms with Crippen LogP contribution in [0.25, 0.3) is 0 Å². The smallest absolute Gasteiger partial charge is 0.306 e. The van der Waals surface area contributed by atoms with Crippen molar-refractivity contribution >= 4 is 17.9 Å². The number of carboxylic acids is 1. The summed E-state index contributed by atoms with van der Waals surface area (Å²) < 4.78 is 22.7. The Morgan fingerprint density at radius 3 is 1.04 bits per heavy atom. The molecular weight excluding hydrogens is 887 g/mol. The van der Waals surface area contributed by atoms with Gasteiger partial charge in [0.15, 0.2) is 12.4 Å². The number of nitrogens with zero attached hydrogens (tertiary/aromatic N) is 1. The Balaban J connectivity index is 4.11. The molecule has 0 aromatic rings. The van der Waals surface area contributed by atoms with Gasteiger partial charge in [-0.25, -0.2) is 0 Å². The molecule has 71 heavy (non-hydrogen) atoms. The van der Waals surface area contributed by atoms with E-state index in [-0.39, 0.29) is 32.2 Å². The molecule has 0 bridgehead atoms. The Hall–Kier alpha value is -1.97. The highest BCUT2D eigenvalue weighted by atomic mass is 16.7. The van der Waals surface area contributed by atoms with E-state index in [2.05, 4.69) is 26.0 Å². The maximum atomic E-state index is 12.9. The number of unbranched alkanes of at least 4 members (excludes halogenated alkanes) is 41. The van der Waals surface area contributed by atoms with E-state index in [4.69, 9.17) is 18.9 Å². The first-order valence-corrected chi connectivity index (χ1v) is 30.8. The Morgan fingerprint density at radius 1 is 0.408 bits per heavy atom. The number of allylic oxidation sites excluding steroid dienone is 2. The van der Waals surface area contributed by atoms with Gasteiger partial charge in [-0.3, -0.25) is 9.59 Å². The van der Waals surface area contributed by atoms with Crippen LogP contribution in [-0.2, 0) is 33.3 Å². The van der Waals surface area contributed by atoms with Gasteiger partial charge in [-0.05, 0) is 38.5 Å². The van der Waals surface area contributed by atoms with Crippen LogP contribution in [0.4, 0.5) is 0 Å². The molecule has 0 amide bonds. The van der Waals surface area contributed by atoms with E-state index < -0.39 is 24.3 Å². The predicted molar refractivity (Wildman–Crippen MR) is 297 cm³/mol. The third-order valence-corrected chi connectivity index (χ3v) is 14.0. The number of carbonyl (C=O) groups is 3. The topological polar surface area (TPSA) is 111 Å². The molecule has 2 unspecified atom stereocenters. The predicted octanol–water partition coefficient (Wildman–Crippen LogP) is 16.8. The van der Waals surface area contributed by atoms with E-state index in [9.17, 15) is 19.5 Å². The summed E-state index contributed by atoms with van der Waals surface area (Å²) in [4.78, 5) is 37.3. The van der Waals surface area contributed by atoms with Crippen molar-refractivity contribution in [3.05, 3.63) is 12.2 Å². The minimum atomic E-state index is -1.62. The van der Waals surface area contributed by atoms with Gasteiger partial charge in [0.2, 0.25) is 0 Å². The van der Waals surface area contributed by atoms with Gasteiger partial charge >= 0.3 is 11.9 Å². The average molecular weight is 1010 g/mol. The molecule has 0 aliphatic heterocycles. The van der Waals surface area contributed by atoms with Gasteiger partial charge in [-0.15, -0.1) is 0 Å². The summed E-state index contributed by atoms with van der Waals surface area (Å²) in [5.74, 6) is -2.26. The van der Waals surface area contributed by atoms with Crippen LogP contribution in [0.2, 0.25) is 0 Å². The molecule has 9 heteroatoms. The molecule has 420 valence electrons. The van der Waals surface area contributed by atoms with Crippen molar-refractivity contribution in [2.45, 2.75) is 322 Å². The highest BCUT2D eigenvalue weighted by Crippen LogP contribution is 2.18. The SMILES string of the molecule is CCCCCCCCC/C=C\CCCCCCCCCC(=O)OC(COC(=O)CCCCCCCCCCCCCCCCCCCCCCCCCCCCCC)COC(OCC[N+](C)(C)C)C(=O)[O-]. The number of likely N-dealkylation sites (N-methyl/N-ethyl adjacent to an activating group) is 1. The first-order valence-electron chi connectivity index (χ1n) is 30.8. The molecule has 0 heterocycles. The number of rotatable bonds is 58. The van der Waals surface area contributed by atoms with Crippen LogP contribution in [0.3, 0.4) is 0 Å². The van der Waals surface area contributed by atoms with Crippen LogP contribution >= 0.6 is 0 Å². The first kappa shape index (κ1) is 69.0. The fraction of sp³-hybridized carbons (Fsp3) is 0.919. The maximum Gasteiger partial charge on any atom is 0.306 e. The zero-order valence-electron chi connectivity index (χ0n) is 47.9. The van der Waals surface area contributed by atoms with Crippen LogP contribution in [0.1, 0.15) is 309 Å². The molecule has 0 aromatic heterocycles. The van der Waals surface area contributed by atoms with E-state index >= 15 is 0 Å². The van der Waals surface area contributed by atoms with Gasteiger partial charge in [0.1, 0.15) is 13.2 Å². The summed E-state index contributed by atoms with van der Waals surface area (Å²) in [7, 11) is 5.93. The molecule has 0 aliphatic rings. The summed E-state index contributed by atoms with van der Waals surface area (Å²) >= 11 is 0. The Labute approximate surface area is 440 Å². The lowest BCUT2D eigenvalue weighted by atomic mass is 10.0. The van der Waals surface area contributed by atoms with Gasteiger partial charge in [0.05, 0.1) is 40.3 Å². The quantitative estimate of drug-likeness (QED) is 0.0195. The molecule has 0 saturated heterocycles. The molecule has 0 fully saturated rings. The minimum absolute atomic E-state index is 0.150. The standard InChI is InChI=1S/C62H119NO8/c1-6-8-10-12-14-16-18-20-22-24-26-27-28-29-30-31-32-33-34-35-37-38-40-42-44-46-48-50-52-59(64)69-56-58(57-70-62(61(66)67)68-55-54-63(3,4)5)71-60(65)53-51-49-47-45-43-41-39-36-25-23-21-19-17-15-13-11-9-7-2/h23,25,58,62H,6-22,24,26-57H2,1-5H3/b25-23-. The van der Waals surface area contributed by atoms with Gasteiger partial charge in [-0.2, -0.15) is 0 Å². The largest absolute Gasteiger partial charge is 0.545 e. The molecule has 0 N–H and O–H groups in total. The van der Waals surface area contributed by atoms with Crippen molar-refractivity contribution < 1.29 is 42.9 Å². The number of hydrogen-bond donors (Lipinski definition) is 0. The average Bonchev–Trinajstić information content (AvgIpc) is 3.34. The second kappa shape index (κ2) is 54.3. The van der Waals surface area contributed by atoms with Crippen molar-refractivity contribution in [3.8, 4) is 0 Å². The Bertz CT molecular complexity index is 1170. The molecule has 0 spiro atoms. The number of ether oxygens (including phenoxy) is 4. The lowest BCUT2D eigenvalue weighted by molar-refractivity contribution is -0.870. The van der Waals surface area contributed by atoms with Gasteiger partial charge < -0.3 is 33.3 Å². The van der Waals surface area contributed by atoms with E-state index in [1.54, 1.807) is 0 Å². The second-order valence-corrected chi connectivity index (χ2v) is 22.4. The number of carboxylic acid groups (broad SMARTS) is 1. The maximum absolute atomic E-state index is 12.9. The fourth-order valence-electron chi connectivity index (χ4n) is 9.24. The number of quaternary nitrogens is 1. The molecule has 0 saturated carbocycles. The molecule has 2 atom stereocenters. The van der Waals surface area contributed by atoms with E-state index in [0.717, 1.165) is 44.9 Å². The second-order valence-electron chi connectivity index (χ2n) is 22.4. The van der Waals surface area contributed by atoms with Crippen molar-refractivity contribution in [2.75, 3.05) is 47.5 Å². The summed E-state index contributed by atoms with van der Waals surface area (Å²) in [6.45, 7) is 4.80. The molecule has 0 aromatic carbocycles. The van der Waals surface area contributed by atoms with Crippen molar-refractivity contribution in [3.63, 3.8) is 0 Å². The highest BCUT2D eigenvalue weighted by Gasteiger charge is 2.22. The summed E-state index contributed by atoms with van der Waals surface area (Å²) in [6.07, 6.45) is 59.9. The van der Waals surface area contributed by atoms with Crippen molar-refractivity contribution in [1.82, 2.24) is 0 Å². The third kappa shape index (κ3) is 55.6. The molecule has 0 rings (SSSR count). The lowest BCUT2D eigenvalue weighted by Crippen LogP contribution is -2.44. The van der Waals surface area contributed by atoms with Crippen LogP contribution < -0.4 is 5.11 Å². The monoisotopic (exact) mass is 1010 g/mol. The van der Waals surface area contributed by atoms with E-state index in [1.807, 2.05) is 21.1 Å². The molecule has 0 aliphatic carbocycles. The number of aliphatic carboxylic acids is 1. The fourth-order valence-corrected chi connectivity index (χ4v) is 9.24. The third-order valence-electron chi connectivity index (χ3n) is 14.0. The van der Waals surface area contributed by atoms with Gasteiger partial charge in [0.25, 0.3) is 0 Å². The molecule has 0 radical (unpaired) electrons. The van der Waals surface area contributed by atoms with E-state index in [1.165, 1.54) is 231 Å². The Kier molecular flexibility index (Phi) is 52.8. The lowest BCUT2D eigenvalue weighted by Gasteiger charge is -2.26. The summed E-state index contributed by atoms with van der Waals surface area (Å²) in [5.41, 5.74) is 0. The zero-order chi connectivity index (χ0) is 52.0. The highest BCUT2D eigenvalue weighted by molar-refractivity contribution is 5.70. The van der Waals surface area contributed by atoms with Gasteiger partial charge in [0, 0.05) is 12.8 Å². The van der Waals surface area contributed by atoms with Crippen molar-refractivity contribution in [2.24, 2.45) is 0 Å².